The summed E-state index contributed by atoms with van der Waals surface area (Å²) < 4.78 is 5.27. The van der Waals surface area contributed by atoms with Crippen LogP contribution in [0.1, 0.15) is 5.82 Å². The van der Waals surface area contributed by atoms with E-state index in [0.29, 0.717) is 0 Å². The molecule has 0 bridgehead atoms. The number of nitrogens with one attached hydrogen (secondary N) is 1. The average molecular weight is 244 g/mol. The summed E-state index contributed by atoms with van der Waals surface area (Å²) in [7, 11) is 0. The summed E-state index contributed by atoms with van der Waals surface area (Å²) in [6, 6.07) is 0. The summed E-state index contributed by atoms with van der Waals surface area (Å²) in [4.78, 5) is 6.83. The summed E-state index contributed by atoms with van der Waals surface area (Å²) in [5, 5.41) is 3.36. The Bertz CT molecular complexity index is 296. The molecule has 1 N–H and O–H groups in total. The number of hydrogen-bond donors (Lipinski definition) is 1. The van der Waals surface area contributed by atoms with E-state index in [4.69, 9.17) is 0 Å². The molecule has 0 aliphatic carbocycles. The van der Waals surface area contributed by atoms with Crippen molar-refractivity contribution in [3.63, 3.8) is 0 Å². The lowest BCUT2D eigenvalue weighted by Crippen LogP contribution is -2.44. The Hall–Kier alpha value is -0.170. The van der Waals surface area contributed by atoms with Crippen molar-refractivity contribution in [1.82, 2.24) is 19.6 Å². The molecular weight excluding hydrogens is 228 g/mol. The van der Waals surface area contributed by atoms with Gasteiger partial charge < -0.3 is 5.32 Å². The van der Waals surface area contributed by atoms with E-state index >= 15 is 0 Å². The highest BCUT2D eigenvalue weighted by atomic mass is 32.2. The fourth-order valence-electron chi connectivity index (χ4n) is 1.53. The Kier molecular flexibility index (Phi) is 4.37. The standard InChI is InChI=1S/C9H16N4S2/c1-8-11-9(15-12-8)14-7-6-13-4-2-10-3-5-13/h10H,2-7H2,1H3. The minimum Gasteiger partial charge on any atom is -0.314 e. The molecule has 1 aliphatic rings. The van der Waals surface area contributed by atoms with Crippen LogP contribution in [-0.4, -0.2) is 52.7 Å². The van der Waals surface area contributed by atoms with E-state index in [1.165, 1.54) is 24.6 Å². The third kappa shape index (κ3) is 3.71. The van der Waals surface area contributed by atoms with Crippen molar-refractivity contribution in [2.75, 3.05) is 38.5 Å². The number of aryl methyl sites for hydroxylation is 1. The van der Waals surface area contributed by atoms with Crippen molar-refractivity contribution >= 4 is 23.3 Å². The third-order valence-electron chi connectivity index (χ3n) is 2.35. The van der Waals surface area contributed by atoms with Crippen molar-refractivity contribution < 1.29 is 0 Å². The fraction of sp³-hybridized carbons (Fsp3) is 0.778. The topological polar surface area (TPSA) is 41.1 Å². The molecule has 0 aromatic carbocycles. The summed E-state index contributed by atoms with van der Waals surface area (Å²) >= 11 is 3.32. The molecule has 1 aromatic rings. The van der Waals surface area contributed by atoms with Crippen molar-refractivity contribution in [2.24, 2.45) is 0 Å². The van der Waals surface area contributed by atoms with Crippen LogP contribution in [0.3, 0.4) is 0 Å². The first-order chi connectivity index (χ1) is 7.34. The smallest absolute Gasteiger partial charge is 0.170 e. The van der Waals surface area contributed by atoms with Gasteiger partial charge in [-0.2, -0.15) is 4.37 Å². The van der Waals surface area contributed by atoms with Gasteiger partial charge in [0.05, 0.1) is 0 Å². The van der Waals surface area contributed by atoms with E-state index in [1.54, 1.807) is 0 Å². The monoisotopic (exact) mass is 244 g/mol. The Balaban J connectivity index is 1.65. The van der Waals surface area contributed by atoms with Crippen molar-refractivity contribution in [2.45, 2.75) is 11.3 Å². The van der Waals surface area contributed by atoms with Crippen LogP contribution < -0.4 is 5.32 Å². The largest absolute Gasteiger partial charge is 0.314 e. The van der Waals surface area contributed by atoms with E-state index in [9.17, 15) is 0 Å². The highest BCUT2D eigenvalue weighted by Gasteiger charge is 2.09. The first kappa shape index (κ1) is 11.3. The quantitative estimate of drug-likeness (QED) is 0.795. The first-order valence-corrected chi connectivity index (χ1v) is 6.97. The molecule has 84 valence electrons. The molecule has 0 atom stereocenters. The summed E-state index contributed by atoms with van der Waals surface area (Å²) in [6.07, 6.45) is 0. The molecule has 0 unspecified atom stereocenters. The summed E-state index contributed by atoms with van der Waals surface area (Å²) in [5.74, 6) is 2.01. The number of piperazine rings is 1. The Labute approximate surface area is 98.6 Å². The maximum Gasteiger partial charge on any atom is 0.170 e. The molecule has 0 radical (unpaired) electrons. The third-order valence-corrected chi connectivity index (χ3v) is 4.26. The Morgan fingerprint density at radius 1 is 1.47 bits per heavy atom. The van der Waals surface area contributed by atoms with Gasteiger partial charge in [-0.25, -0.2) is 4.98 Å². The molecule has 1 fully saturated rings. The van der Waals surface area contributed by atoms with Gasteiger partial charge in [-0.05, 0) is 18.5 Å². The normalized spacial score (nSPS) is 18.2. The average Bonchev–Trinajstić information content (AvgIpc) is 2.66. The molecule has 2 heterocycles. The fourth-order valence-corrected chi connectivity index (χ4v) is 3.25. The van der Waals surface area contributed by atoms with Crippen molar-refractivity contribution in [3.05, 3.63) is 5.82 Å². The zero-order valence-corrected chi connectivity index (χ0v) is 10.5. The summed E-state index contributed by atoms with van der Waals surface area (Å²) in [6.45, 7) is 7.71. The predicted molar refractivity (Wildman–Crippen MR) is 64.7 cm³/mol. The van der Waals surface area contributed by atoms with Gasteiger partial charge in [0.2, 0.25) is 0 Å². The van der Waals surface area contributed by atoms with Crippen LogP contribution in [0.15, 0.2) is 4.34 Å². The lowest BCUT2D eigenvalue weighted by molar-refractivity contribution is 0.255. The maximum atomic E-state index is 4.33. The Morgan fingerprint density at radius 3 is 2.93 bits per heavy atom. The van der Waals surface area contributed by atoms with Crippen LogP contribution in [0.5, 0.6) is 0 Å². The summed E-state index contributed by atoms with van der Waals surface area (Å²) in [5.41, 5.74) is 0. The molecule has 1 aromatic heterocycles. The van der Waals surface area contributed by atoms with Gasteiger partial charge in [-0.15, -0.1) is 0 Å². The van der Waals surface area contributed by atoms with E-state index in [0.717, 1.165) is 35.6 Å². The molecular formula is C9H16N4S2. The molecule has 1 saturated heterocycles. The highest BCUT2D eigenvalue weighted by molar-refractivity contribution is 8.00. The SMILES string of the molecule is Cc1nsc(SCCN2CCNCC2)n1. The van der Waals surface area contributed by atoms with Gasteiger partial charge in [0, 0.05) is 38.5 Å². The molecule has 0 amide bonds. The maximum absolute atomic E-state index is 4.33. The molecule has 1 aliphatic heterocycles. The zero-order valence-electron chi connectivity index (χ0n) is 8.90. The van der Waals surface area contributed by atoms with E-state index in [2.05, 4.69) is 19.6 Å². The lowest BCUT2D eigenvalue weighted by atomic mass is 10.4. The lowest BCUT2D eigenvalue weighted by Gasteiger charge is -2.26. The first-order valence-electron chi connectivity index (χ1n) is 5.21. The Morgan fingerprint density at radius 2 is 2.27 bits per heavy atom. The number of rotatable bonds is 4. The molecule has 6 heteroatoms. The van der Waals surface area contributed by atoms with E-state index in [-0.39, 0.29) is 0 Å². The second-order valence-corrected chi connectivity index (χ2v) is 5.64. The minimum atomic E-state index is 0.893. The van der Waals surface area contributed by atoms with Crippen LogP contribution >= 0.6 is 23.3 Å². The number of thioether (sulfide) groups is 1. The van der Waals surface area contributed by atoms with Crippen LogP contribution in [-0.2, 0) is 0 Å². The van der Waals surface area contributed by atoms with Crippen molar-refractivity contribution in [1.29, 1.82) is 0 Å². The van der Waals surface area contributed by atoms with Gasteiger partial charge in [0.1, 0.15) is 5.82 Å². The van der Waals surface area contributed by atoms with Crippen LogP contribution in [0, 0.1) is 6.92 Å². The van der Waals surface area contributed by atoms with Crippen LogP contribution in [0.25, 0.3) is 0 Å². The number of nitrogens with zero attached hydrogens (tertiary/aromatic N) is 3. The van der Waals surface area contributed by atoms with Crippen LogP contribution in [0.4, 0.5) is 0 Å². The van der Waals surface area contributed by atoms with Gasteiger partial charge in [-0.1, -0.05) is 11.8 Å². The van der Waals surface area contributed by atoms with Gasteiger partial charge in [-0.3, -0.25) is 4.90 Å². The predicted octanol–water partition coefficient (Wildman–Crippen LogP) is 0.844. The van der Waals surface area contributed by atoms with E-state index in [1.807, 2.05) is 18.7 Å². The highest BCUT2D eigenvalue weighted by Crippen LogP contribution is 2.19. The minimum absolute atomic E-state index is 0.893. The van der Waals surface area contributed by atoms with Crippen LogP contribution in [0.2, 0.25) is 0 Å². The zero-order chi connectivity index (χ0) is 10.5. The second-order valence-electron chi connectivity index (χ2n) is 3.55. The van der Waals surface area contributed by atoms with Gasteiger partial charge in [0.15, 0.2) is 4.34 Å². The number of aromatic nitrogens is 2. The van der Waals surface area contributed by atoms with Gasteiger partial charge >= 0.3 is 0 Å². The molecule has 0 spiro atoms. The molecule has 0 saturated carbocycles. The van der Waals surface area contributed by atoms with Gasteiger partial charge in [0.25, 0.3) is 0 Å². The molecule has 4 nitrogen and oxygen atoms in total. The second kappa shape index (κ2) is 5.79. The molecule has 2 rings (SSSR count). The number of hydrogen-bond acceptors (Lipinski definition) is 6. The molecule has 15 heavy (non-hydrogen) atoms. The van der Waals surface area contributed by atoms with E-state index < -0.39 is 0 Å². The van der Waals surface area contributed by atoms with Crippen molar-refractivity contribution in [3.8, 4) is 0 Å².